The van der Waals surface area contributed by atoms with Crippen LogP contribution in [0.3, 0.4) is 0 Å². The van der Waals surface area contributed by atoms with Gasteiger partial charge in [0.05, 0.1) is 12.7 Å². The highest BCUT2D eigenvalue weighted by Gasteiger charge is 2.27. The second kappa shape index (κ2) is 7.90. The number of nitrogens with zero attached hydrogens (tertiary/aromatic N) is 2. The summed E-state index contributed by atoms with van der Waals surface area (Å²) in [7, 11) is 0. The number of hydrogen-bond donors (Lipinski definition) is 1. The molecule has 3 rings (SSSR count). The molecule has 2 unspecified atom stereocenters. The lowest BCUT2D eigenvalue weighted by Crippen LogP contribution is -2.49. The van der Waals surface area contributed by atoms with Gasteiger partial charge in [0.25, 0.3) is 0 Å². The Bertz CT molecular complexity index is 502. The van der Waals surface area contributed by atoms with Gasteiger partial charge in [-0.15, -0.1) is 0 Å². The maximum atomic E-state index is 12.3. The average Bonchev–Trinajstić information content (AvgIpc) is 2.62. The van der Waals surface area contributed by atoms with Gasteiger partial charge in [0.1, 0.15) is 0 Å². The Balaban J connectivity index is 1.52. The average molecular weight is 317 g/mol. The third kappa shape index (κ3) is 4.31. The SMILES string of the molecule is CC1COC(c2ccccc2)CN1CCC(=O)N1CCNCC1. The number of nitrogens with one attached hydrogen (secondary N) is 1. The highest BCUT2D eigenvalue weighted by molar-refractivity contribution is 5.76. The lowest BCUT2D eigenvalue weighted by Gasteiger charge is -2.38. The maximum Gasteiger partial charge on any atom is 0.223 e. The third-order valence-corrected chi connectivity index (χ3v) is 4.82. The Morgan fingerprint density at radius 3 is 2.74 bits per heavy atom. The molecule has 2 saturated heterocycles. The Morgan fingerprint density at radius 1 is 1.26 bits per heavy atom. The standard InChI is InChI=1S/C18H27N3O2/c1-15-14-23-17(16-5-3-2-4-6-16)13-21(15)10-7-18(22)20-11-8-19-9-12-20/h2-6,15,17,19H,7-14H2,1H3. The third-order valence-electron chi connectivity index (χ3n) is 4.82. The molecule has 2 aliphatic rings. The zero-order chi connectivity index (χ0) is 16.1. The minimum absolute atomic E-state index is 0.113. The summed E-state index contributed by atoms with van der Waals surface area (Å²) in [5.74, 6) is 0.279. The topological polar surface area (TPSA) is 44.8 Å². The summed E-state index contributed by atoms with van der Waals surface area (Å²) in [6, 6.07) is 10.7. The molecule has 1 aromatic rings. The van der Waals surface area contributed by atoms with E-state index in [1.54, 1.807) is 0 Å². The first kappa shape index (κ1) is 16.4. The number of carbonyl (C=O) groups is 1. The minimum Gasteiger partial charge on any atom is -0.371 e. The number of rotatable bonds is 4. The van der Waals surface area contributed by atoms with Gasteiger partial charge in [-0.1, -0.05) is 30.3 Å². The molecule has 2 heterocycles. The summed E-state index contributed by atoms with van der Waals surface area (Å²) < 4.78 is 5.98. The van der Waals surface area contributed by atoms with E-state index in [-0.39, 0.29) is 12.0 Å². The van der Waals surface area contributed by atoms with Crippen molar-refractivity contribution < 1.29 is 9.53 Å². The number of benzene rings is 1. The Morgan fingerprint density at radius 2 is 2.00 bits per heavy atom. The quantitative estimate of drug-likeness (QED) is 0.908. The molecule has 2 fully saturated rings. The van der Waals surface area contributed by atoms with Gasteiger partial charge in [-0.2, -0.15) is 0 Å². The Labute approximate surface area is 138 Å². The molecule has 0 saturated carbocycles. The van der Waals surface area contributed by atoms with Gasteiger partial charge >= 0.3 is 0 Å². The van der Waals surface area contributed by atoms with Gasteiger partial charge in [0.15, 0.2) is 0 Å². The zero-order valence-corrected chi connectivity index (χ0v) is 13.9. The van der Waals surface area contributed by atoms with Crippen LogP contribution in [0.4, 0.5) is 0 Å². The molecule has 0 aliphatic carbocycles. The molecule has 0 spiro atoms. The smallest absolute Gasteiger partial charge is 0.223 e. The van der Waals surface area contributed by atoms with E-state index in [2.05, 4.69) is 41.4 Å². The van der Waals surface area contributed by atoms with E-state index in [1.165, 1.54) is 5.56 Å². The van der Waals surface area contributed by atoms with Crippen LogP contribution in [0.2, 0.25) is 0 Å². The number of hydrogen-bond acceptors (Lipinski definition) is 4. The fourth-order valence-corrected chi connectivity index (χ4v) is 3.30. The number of amides is 1. The summed E-state index contributed by atoms with van der Waals surface area (Å²) in [4.78, 5) is 16.7. The molecule has 5 heteroatoms. The van der Waals surface area contributed by atoms with Gasteiger partial charge in [-0.25, -0.2) is 0 Å². The van der Waals surface area contributed by atoms with Crippen LogP contribution in [-0.4, -0.2) is 67.6 Å². The van der Waals surface area contributed by atoms with Gasteiger partial charge in [-0.05, 0) is 12.5 Å². The van der Waals surface area contributed by atoms with Crippen LogP contribution < -0.4 is 5.32 Å². The number of ether oxygens (including phenoxy) is 1. The van der Waals surface area contributed by atoms with E-state index in [0.29, 0.717) is 12.5 Å². The van der Waals surface area contributed by atoms with Crippen LogP contribution in [0.15, 0.2) is 30.3 Å². The zero-order valence-electron chi connectivity index (χ0n) is 13.9. The molecule has 0 bridgehead atoms. The lowest BCUT2D eigenvalue weighted by atomic mass is 10.1. The Kier molecular flexibility index (Phi) is 5.65. The van der Waals surface area contributed by atoms with Crippen LogP contribution in [0.1, 0.15) is 25.0 Å². The normalized spacial score (nSPS) is 26.2. The summed E-state index contributed by atoms with van der Waals surface area (Å²) in [5.41, 5.74) is 1.22. The lowest BCUT2D eigenvalue weighted by molar-refractivity contribution is -0.133. The molecule has 0 radical (unpaired) electrons. The summed E-state index contributed by atoms with van der Waals surface area (Å²) in [6.45, 7) is 8.08. The van der Waals surface area contributed by atoms with Crippen molar-refractivity contribution in [2.24, 2.45) is 0 Å². The summed E-state index contributed by atoms with van der Waals surface area (Å²) >= 11 is 0. The van der Waals surface area contributed by atoms with E-state index in [1.807, 2.05) is 11.0 Å². The van der Waals surface area contributed by atoms with Crippen molar-refractivity contribution in [3.8, 4) is 0 Å². The van der Waals surface area contributed by atoms with Crippen molar-refractivity contribution in [3.63, 3.8) is 0 Å². The molecule has 126 valence electrons. The highest BCUT2D eigenvalue weighted by Crippen LogP contribution is 2.24. The molecule has 5 nitrogen and oxygen atoms in total. The van der Waals surface area contributed by atoms with Gasteiger partial charge in [0.2, 0.25) is 5.91 Å². The van der Waals surface area contributed by atoms with Crippen molar-refractivity contribution in [1.82, 2.24) is 15.1 Å². The van der Waals surface area contributed by atoms with Gasteiger partial charge in [0, 0.05) is 51.7 Å². The van der Waals surface area contributed by atoms with Crippen molar-refractivity contribution in [2.75, 3.05) is 45.9 Å². The maximum absolute atomic E-state index is 12.3. The monoisotopic (exact) mass is 317 g/mol. The molecule has 1 aromatic carbocycles. The number of carbonyl (C=O) groups excluding carboxylic acids is 1. The highest BCUT2D eigenvalue weighted by atomic mass is 16.5. The first-order valence-electron chi connectivity index (χ1n) is 8.63. The second-order valence-corrected chi connectivity index (χ2v) is 6.46. The molecule has 2 atom stereocenters. The molecule has 0 aromatic heterocycles. The summed E-state index contributed by atoms with van der Waals surface area (Å²) in [6.07, 6.45) is 0.716. The van der Waals surface area contributed by atoms with Crippen molar-refractivity contribution >= 4 is 5.91 Å². The largest absolute Gasteiger partial charge is 0.371 e. The Hall–Kier alpha value is -1.43. The van der Waals surface area contributed by atoms with E-state index in [4.69, 9.17) is 4.74 Å². The second-order valence-electron chi connectivity index (χ2n) is 6.46. The van der Waals surface area contributed by atoms with Crippen LogP contribution >= 0.6 is 0 Å². The molecule has 2 aliphatic heterocycles. The van der Waals surface area contributed by atoms with Crippen molar-refractivity contribution in [2.45, 2.75) is 25.5 Å². The first-order valence-corrected chi connectivity index (χ1v) is 8.63. The molecular weight excluding hydrogens is 290 g/mol. The van der Waals surface area contributed by atoms with Crippen molar-refractivity contribution in [3.05, 3.63) is 35.9 Å². The predicted molar refractivity (Wildman–Crippen MR) is 90.2 cm³/mol. The van der Waals surface area contributed by atoms with Crippen LogP contribution in [0.25, 0.3) is 0 Å². The first-order chi connectivity index (χ1) is 11.2. The van der Waals surface area contributed by atoms with E-state index in [9.17, 15) is 4.79 Å². The number of piperazine rings is 1. The van der Waals surface area contributed by atoms with E-state index >= 15 is 0 Å². The molecular formula is C18H27N3O2. The van der Waals surface area contributed by atoms with Gasteiger partial charge < -0.3 is 15.0 Å². The molecule has 23 heavy (non-hydrogen) atoms. The van der Waals surface area contributed by atoms with Gasteiger partial charge in [-0.3, -0.25) is 9.69 Å². The van der Waals surface area contributed by atoms with E-state index in [0.717, 1.165) is 45.9 Å². The van der Waals surface area contributed by atoms with Crippen LogP contribution in [0.5, 0.6) is 0 Å². The molecule has 1 amide bonds. The van der Waals surface area contributed by atoms with Crippen molar-refractivity contribution in [1.29, 1.82) is 0 Å². The summed E-state index contributed by atoms with van der Waals surface area (Å²) in [5, 5.41) is 3.29. The predicted octanol–water partition coefficient (Wildman–Crippen LogP) is 1.27. The minimum atomic E-state index is 0.113. The molecule has 1 N–H and O–H groups in total. The van der Waals surface area contributed by atoms with E-state index < -0.39 is 0 Å². The van der Waals surface area contributed by atoms with Crippen LogP contribution in [-0.2, 0) is 9.53 Å². The fourth-order valence-electron chi connectivity index (χ4n) is 3.30. The fraction of sp³-hybridized carbons (Fsp3) is 0.611. The van der Waals surface area contributed by atoms with Crippen LogP contribution in [0, 0.1) is 0 Å². The number of morpholine rings is 1.